The highest BCUT2D eigenvalue weighted by atomic mass is 16.7. The van der Waals surface area contributed by atoms with Crippen LogP contribution in [0.5, 0.6) is 0 Å². The lowest BCUT2D eigenvalue weighted by atomic mass is 9.86. The Morgan fingerprint density at radius 2 is 1.50 bits per heavy atom. The summed E-state index contributed by atoms with van der Waals surface area (Å²) in [5.74, 6) is 0. The number of aliphatic hydroxyl groups excluding tert-OH is 1. The molecule has 0 aliphatic carbocycles. The van der Waals surface area contributed by atoms with Crippen molar-refractivity contribution in [3.8, 4) is 0 Å². The van der Waals surface area contributed by atoms with Gasteiger partial charge in [-0.3, -0.25) is 0 Å². The number of unbranched alkanes of at least 4 members (excludes halogenated alkanes) is 4. The van der Waals surface area contributed by atoms with Crippen molar-refractivity contribution in [2.24, 2.45) is 0 Å². The molecule has 28 heavy (non-hydrogen) atoms. The lowest BCUT2D eigenvalue weighted by Gasteiger charge is -2.31. The average Bonchev–Trinajstić information content (AvgIpc) is 3.10. The van der Waals surface area contributed by atoms with E-state index in [1.807, 2.05) is 0 Å². The molecule has 2 unspecified atom stereocenters. The smallest absolute Gasteiger partial charge is 0.158 e. The summed E-state index contributed by atoms with van der Waals surface area (Å²) in [6, 6.07) is 0. The zero-order valence-electron chi connectivity index (χ0n) is 19.2. The molecule has 0 aromatic rings. The van der Waals surface area contributed by atoms with Crippen LogP contribution in [0.1, 0.15) is 124 Å². The maximum absolute atomic E-state index is 11.0. The van der Waals surface area contributed by atoms with E-state index < -0.39 is 11.7 Å². The van der Waals surface area contributed by atoms with E-state index in [0.717, 1.165) is 64.2 Å². The molecule has 0 saturated carbocycles. The first-order chi connectivity index (χ1) is 13.4. The Morgan fingerprint density at radius 1 is 0.964 bits per heavy atom. The highest BCUT2D eigenvalue weighted by molar-refractivity contribution is 4.87. The molecule has 0 amide bonds. The summed E-state index contributed by atoms with van der Waals surface area (Å²) in [5.41, 5.74) is -0.790. The van der Waals surface area contributed by atoms with E-state index in [9.17, 15) is 10.2 Å². The van der Waals surface area contributed by atoms with Gasteiger partial charge in [-0.15, -0.1) is 0 Å². The normalized spacial score (nSPS) is 20.6. The highest BCUT2D eigenvalue weighted by Gasteiger charge is 2.40. The Balaban J connectivity index is 2.48. The van der Waals surface area contributed by atoms with Gasteiger partial charge in [-0.2, -0.15) is 0 Å². The second-order valence-corrected chi connectivity index (χ2v) is 9.10. The van der Waals surface area contributed by atoms with Gasteiger partial charge >= 0.3 is 0 Å². The average molecular weight is 401 g/mol. The van der Waals surface area contributed by atoms with Crippen LogP contribution >= 0.6 is 0 Å². The van der Waals surface area contributed by atoms with Crippen LogP contribution in [-0.2, 0) is 9.47 Å². The number of ether oxygens (including phenoxy) is 2. The molecule has 1 saturated heterocycles. The molecule has 4 nitrogen and oxygen atoms in total. The summed E-state index contributed by atoms with van der Waals surface area (Å²) in [6.07, 6.45) is 14.2. The molecule has 1 rings (SSSR count). The van der Waals surface area contributed by atoms with Crippen molar-refractivity contribution in [1.29, 1.82) is 0 Å². The third-order valence-corrected chi connectivity index (χ3v) is 6.27. The molecule has 1 fully saturated rings. The molecule has 168 valence electrons. The second kappa shape index (κ2) is 14.0. The summed E-state index contributed by atoms with van der Waals surface area (Å²) in [4.78, 5) is 0. The zero-order chi connectivity index (χ0) is 20.9. The minimum Gasteiger partial charge on any atom is -0.391 e. The van der Waals surface area contributed by atoms with Crippen LogP contribution < -0.4 is 0 Å². The summed E-state index contributed by atoms with van der Waals surface area (Å²) < 4.78 is 12.3. The van der Waals surface area contributed by atoms with Gasteiger partial charge in [0.15, 0.2) is 6.29 Å². The summed E-state index contributed by atoms with van der Waals surface area (Å²) >= 11 is 0. The van der Waals surface area contributed by atoms with E-state index in [0.29, 0.717) is 6.42 Å². The van der Waals surface area contributed by atoms with Gasteiger partial charge in [0, 0.05) is 12.8 Å². The quantitative estimate of drug-likeness (QED) is 0.309. The zero-order valence-corrected chi connectivity index (χ0v) is 19.2. The van der Waals surface area contributed by atoms with Crippen molar-refractivity contribution in [1.82, 2.24) is 0 Å². The summed E-state index contributed by atoms with van der Waals surface area (Å²) in [7, 11) is 0. The number of hydrogen-bond donors (Lipinski definition) is 2. The van der Waals surface area contributed by atoms with E-state index >= 15 is 0 Å². The molecule has 1 aliphatic heterocycles. The lowest BCUT2D eigenvalue weighted by molar-refractivity contribution is -0.187. The van der Waals surface area contributed by atoms with Gasteiger partial charge in [-0.1, -0.05) is 79.1 Å². The molecule has 0 spiro atoms. The van der Waals surface area contributed by atoms with E-state index in [1.54, 1.807) is 0 Å². The van der Waals surface area contributed by atoms with Crippen molar-refractivity contribution >= 4 is 0 Å². The molecule has 2 N–H and O–H groups in total. The Labute approximate surface area is 174 Å². The highest BCUT2D eigenvalue weighted by Crippen LogP contribution is 2.39. The molecule has 0 radical (unpaired) electrons. The summed E-state index contributed by atoms with van der Waals surface area (Å²) in [6.45, 7) is 8.99. The third-order valence-electron chi connectivity index (χ3n) is 6.27. The standard InChI is InChI=1S/C24H48O4/c1-5-9-14-23(26,15-10-6-2)19-21(25)20-27-22-13-18-24(28-22,16-11-7-3)17-12-8-4/h21-22,25-26H,5-20H2,1-4H3. The van der Waals surface area contributed by atoms with Gasteiger partial charge in [-0.05, 0) is 32.1 Å². The Hall–Kier alpha value is -0.160. The fourth-order valence-corrected chi connectivity index (χ4v) is 4.44. The minimum atomic E-state index is -0.767. The number of hydrogen-bond acceptors (Lipinski definition) is 4. The van der Waals surface area contributed by atoms with Crippen molar-refractivity contribution < 1.29 is 19.7 Å². The Kier molecular flexibility index (Phi) is 12.9. The Morgan fingerprint density at radius 3 is 2.00 bits per heavy atom. The molecule has 1 heterocycles. The van der Waals surface area contributed by atoms with E-state index in [2.05, 4.69) is 27.7 Å². The van der Waals surface area contributed by atoms with Gasteiger partial charge in [0.05, 0.1) is 23.9 Å². The first-order valence-electron chi connectivity index (χ1n) is 12.1. The van der Waals surface area contributed by atoms with E-state index in [-0.39, 0.29) is 18.5 Å². The SMILES string of the molecule is CCCCC(O)(CCCC)CC(O)COC1CCC(CCCC)(CCCC)O1. The third kappa shape index (κ3) is 9.56. The van der Waals surface area contributed by atoms with Crippen LogP contribution in [0.3, 0.4) is 0 Å². The number of rotatable bonds is 17. The van der Waals surface area contributed by atoms with Gasteiger partial charge in [0.2, 0.25) is 0 Å². The maximum Gasteiger partial charge on any atom is 0.158 e. The van der Waals surface area contributed by atoms with Gasteiger partial charge < -0.3 is 19.7 Å². The van der Waals surface area contributed by atoms with Crippen molar-refractivity contribution in [3.63, 3.8) is 0 Å². The first kappa shape index (κ1) is 25.9. The largest absolute Gasteiger partial charge is 0.391 e. The topological polar surface area (TPSA) is 58.9 Å². The molecule has 0 aromatic heterocycles. The summed E-state index contributed by atoms with van der Waals surface area (Å²) in [5, 5.41) is 21.5. The van der Waals surface area contributed by atoms with Gasteiger partial charge in [-0.25, -0.2) is 0 Å². The molecule has 0 bridgehead atoms. The molecule has 4 heteroatoms. The van der Waals surface area contributed by atoms with Crippen LogP contribution in [0, 0.1) is 0 Å². The minimum absolute atomic E-state index is 0.0232. The molecule has 2 atom stereocenters. The van der Waals surface area contributed by atoms with Gasteiger partial charge in [0.25, 0.3) is 0 Å². The van der Waals surface area contributed by atoms with Crippen molar-refractivity contribution in [2.75, 3.05) is 6.61 Å². The number of aliphatic hydroxyl groups is 2. The van der Waals surface area contributed by atoms with E-state index in [4.69, 9.17) is 9.47 Å². The lowest BCUT2D eigenvalue weighted by Crippen LogP contribution is -2.36. The first-order valence-corrected chi connectivity index (χ1v) is 12.1. The monoisotopic (exact) mass is 400 g/mol. The maximum atomic E-state index is 11.0. The molecular formula is C24H48O4. The van der Waals surface area contributed by atoms with Crippen LogP contribution in [0.4, 0.5) is 0 Å². The second-order valence-electron chi connectivity index (χ2n) is 9.10. The van der Waals surface area contributed by atoms with E-state index in [1.165, 1.54) is 25.7 Å². The predicted molar refractivity (Wildman–Crippen MR) is 116 cm³/mol. The molecule has 1 aliphatic rings. The Bertz CT molecular complexity index is 369. The van der Waals surface area contributed by atoms with Crippen LogP contribution in [-0.4, -0.2) is 40.4 Å². The fourth-order valence-electron chi connectivity index (χ4n) is 4.44. The predicted octanol–water partition coefficient (Wildman–Crippen LogP) is 6.12. The fraction of sp³-hybridized carbons (Fsp3) is 1.00. The van der Waals surface area contributed by atoms with Crippen LogP contribution in [0.2, 0.25) is 0 Å². The molecule has 0 aromatic carbocycles. The van der Waals surface area contributed by atoms with Crippen molar-refractivity contribution in [3.05, 3.63) is 0 Å². The van der Waals surface area contributed by atoms with Crippen LogP contribution in [0.25, 0.3) is 0 Å². The van der Waals surface area contributed by atoms with Crippen molar-refractivity contribution in [2.45, 2.75) is 148 Å². The van der Waals surface area contributed by atoms with Gasteiger partial charge in [0.1, 0.15) is 0 Å². The van der Waals surface area contributed by atoms with Crippen LogP contribution in [0.15, 0.2) is 0 Å². The molecular weight excluding hydrogens is 352 g/mol.